The highest BCUT2D eigenvalue weighted by atomic mass is 16.6. The molecule has 0 amide bonds. The lowest BCUT2D eigenvalue weighted by Gasteiger charge is -2.07. The second kappa shape index (κ2) is 9.53. The van der Waals surface area contributed by atoms with E-state index in [0.29, 0.717) is 0 Å². The zero-order valence-corrected chi connectivity index (χ0v) is 14.9. The minimum Gasteiger partial charge on any atom is -0.356 e. The van der Waals surface area contributed by atoms with Crippen LogP contribution in [0.4, 0.5) is 0 Å². The van der Waals surface area contributed by atoms with E-state index in [1.807, 2.05) is 6.07 Å². The van der Waals surface area contributed by atoms with Crippen LogP contribution >= 0.6 is 0 Å². The number of carbonyl (C=O) groups excluding carboxylic acids is 1. The van der Waals surface area contributed by atoms with Gasteiger partial charge in [-0.1, -0.05) is 80.3 Å². The van der Waals surface area contributed by atoms with Crippen molar-refractivity contribution in [2.75, 3.05) is 0 Å². The van der Waals surface area contributed by atoms with E-state index in [-0.39, 0.29) is 12.2 Å². The van der Waals surface area contributed by atoms with E-state index in [4.69, 9.17) is 4.74 Å². The zero-order valence-electron chi connectivity index (χ0n) is 14.9. The van der Waals surface area contributed by atoms with E-state index < -0.39 is 0 Å². The molecule has 2 aromatic rings. The molecule has 0 aromatic heterocycles. The number of aryl methyl sites for hydroxylation is 2. The van der Waals surface area contributed by atoms with E-state index in [2.05, 4.69) is 48.5 Å². The molecule has 2 aromatic carbocycles. The van der Waals surface area contributed by atoms with Gasteiger partial charge >= 0.3 is 0 Å². The van der Waals surface area contributed by atoms with Crippen molar-refractivity contribution in [3.05, 3.63) is 71.3 Å². The minimum atomic E-state index is -0.217. The second-order valence-electron chi connectivity index (χ2n) is 6.96. The quantitative estimate of drug-likeness (QED) is 0.310. The van der Waals surface area contributed by atoms with E-state index in [0.717, 1.165) is 12.7 Å². The van der Waals surface area contributed by atoms with E-state index in [9.17, 15) is 4.79 Å². The Morgan fingerprint density at radius 3 is 2.12 bits per heavy atom. The van der Waals surface area contributed by atoms with Gasteiger partial charge in [-0.25, -0.2) is 0 Å². The molecule has 132 valence electrons. The third-order valence-electron chi connectivity index (χ3n) is 5.03. The maximum Gasteiger partial charge on any atom is 0.151 e. The fraction of sp³-hybridized carbons (Fsp3) is 0.435. The summed E-state index contributed by atoms with van der Waals surface area (Å²) in [5.41, 5.74) is 4.01. The maximum absolute atomic E-state index is 10.8. The Labute approximate surface area is 151 Å². The average molecular weight is 336 g/mol. The summed E-state index contributed by atoms with van der Waals surface area (Å²) in [6.45, 7) is 0. The van der Waals surface area contributed by atoms with Crippen molar-refractivity contribution in [2.45, 2.75) is 63.6 Å². The van der Waals surface area contributed by atoms with Crippen molar-refractivity contribution in [3.8, 4) is 0 Å². The van der Waals surface area contributed by atoms with Gasteiger partial charge in [0.15, 0.2) is 6.29 Å². The summed E-state index contributed by atoms with van der Waals surface area (Å²) in [6, 6.07) is 19.2. The number of carbonyl (C=O) groups is 1. The lowest BCUT2D eigenvalue weighted by molar-refractivity contribution is -0.108. The van der Waals surface area contributed by atoms with Gasteiger partial charge in [-0.15, -0.1) is 0 Å². The first-order valence-corrected chi connectivity index (χ1v) is 9.61. The average Bonchev–Trinajstić information content (AvgIpc) is 3.45. The first kappa shape index (κ1) is 17.9. The Morgan fingerprint density at radius 1 is 0.760 bits per heavy atom. The van der Waals surface area contributed by atoms with Crippen LogP contribution in [0.2, 0.25) is 0 Å². The number of epoxide rings is 1. The van der Waals surface area contributed by atoms with Crippen LogP contribution in [0.5, 0.6) is 0 Å². The topological polar surface area (TPSA) is 29.6 Å². The Balaban J connectivity index is 1.28. The molecule has 0 aliphatic carbocycles. The van der Waals surface area contributed by atoms with Crippen LogP contribution in [0.3, 0.4) is 0 Å². The van der Waals surface area contributed by atoms with Crippen LogP contribution in [-0.2, 0) is 22.4 Å². The van der Waals surface area contributed by atoms with Crippen molar-refractivity contribution < 1.29 is 9.53 Å². The molecule has 2 unspecified atom stereocenters. The number of hydrogen-bond acceptors (Lipinski definition) is 2. The summed E-state index contributed by atoms with van der Waals surface area (Å²) in [6.07, 6.45) is 10.7. The van der Waals surface area contributed by atoms with Gasteiger partial charge in [0.25, 0.3) is 0 Å². The Bertz CT molecular complexity index is 650. The lowest BCUT2D eigenvalue weighted by atomic mass is 9.97. The molecule has 0 N–H and O–H groups in total. The summed E-state index contributed by atoms with van der Waals surface area (Å²) < 4.78 is 5.43. The van der Waals surface area contributed by atoms with Crippen LogP contribution in [0.15, 0.2) is 54.6 Å². The molecule has 2 heteroatoms. The van der Waals surface area contributed by atoms with Gasteiger partial charge in [-0.3, -0.25) is 0 Å². The van der Waals surface area contributed by atoms with Gasteiger partial charge in [0.05, 0.1) is 0 Å². The van der Waals surface area contributed by atoms with Gasteiger partial charge in [-0.2, -0.15) is 0 Å². The van der Waals surface area contributed by atoms with Crippen molar-refractivity contribution in [1.29, 1.82) is 0 Å². The van der Waals surface area contributed by atoms with Crippen LogP contribution < -0.4 is 0 Å². The number of aldehydes is 1. The smallest absolute Gasteiger partial charge is 0.151 e. The normalized spacial score (nSPS) is 18.9. The van der Waals surface area contributed by atoms with Crippen LogP contribution in [0.1, 0.15) is 61.3 Å². The largest absolute Gasteiger partial charge is 0.356 e. The fourth-order valence-electron chi connectivity index (χ4n) is 3.51. The van der Waals surface area contributed by atoms with E-state index >= 15 is 0 Å². The summed E-state index contributed by atoms with van der Waals surface area (Å²) in [7, 11) is 0. The summed E-state index contributed by atoms with van der Waals surface area (Å²) >= 11 is 0. The molecule has 0 bridgehead atoms. The predicted molar refractivity (Wildman–Crippen MR) is 102 cm³/mol. The number of benzene rings is 2. The third kappa shape index (κ3) is 5.54. The lowest BCUT2D eigenvalue weighted by Crippen LogP contribution is -1.96. The highest BCUT2D eigenvalue weighted by Gasteiger charge is 2.40. The van der Waals surface area contributed by atoms with E-state index in [1.54, 1.807) is 0 Å². The van der Waals surface area contributed by atoms with Gasteiger partial charge in [0, 0.05) is 0 Å². The molecule has 25 heavy (non-hydrogen) atoms. The monoisotopic (exact) mass is 336 g/mol. The van der Waals surface area contributed by atoms with Crippen molar-refractivity contribution in [2.24, 2.45) is 0 Å². The summed E-state index contributed by atoms with van der Waals surface area (Å²) in [4.78, 5) is 10.8. The molecule has 0 radical (unpaired) electrons. The number of rotatable bonds is 11. The Kier molecular flexibility index (Phi) is 6.81. The minimum absolute atomic E-state index is 0.00619. The molecule has 3 rings (SSSR count). The van der Waals surface area contributed by atoms with E-state index in [1.165, 1.54) is 61.6 Å². The maximum atomic E-state index is 10.8. The molecule has 2 atom stereocenters. The molecule has 2 nitrogen and oxygen atoms in total. The standard InChI is InChI=1S/C23H28O2/c24-18-22-23(25-22)21-17-11-10-16-20(21)15-9-4-2-1-3-6-12-19-13-7-5-8-14-19/h5,7-8,10-11,13-14,16-18,22-23H,1-4,6,9,12,15H2. The highest BCUT2D eigenvalue weighted by molar-refractivity contribution is 5.62. The van der Waals surface area contributed by atoms with Gasteiger partial charge in [0.2, 0.25) is 0 Å². The molecule has 1 aliphatic rings. The zero-order chi connectivity index (χ0) is 17.3. The Hall–Kier alpha value is -1.93. The molecule has 1 heterocycles. The first-order chi connectivity index (χ1) is 12.4. The number of ether oxygens (including phenoxy) is 1. The second-order valence-corrected chi connectivity index (χ2v) is 6.96. The molecule has 0 saturated carbocycles. The number of hydrogen-bond donors (Lipinski definition) is 0. The van der Waals surface area contributed by atoms with Crippen LogP contribution in [-0.4, -0.2) is 12.4 Å². The van der Waals surface area contributed by atoms with Crippen molar-refractivity contribution >= 4 is 6.29 Å². The van der Waals surface area contributed by atoms with Crippen molar-refractivity contribution in [3.63, 3.8) is 0 Å². The van der Waals surface area contributed by atoms with Crippen LogP contribution in [0.25, 0.3) is 0 Å². The van der Waals surface area contributed by atoms with Gasteiger partial charge in [0.1, 0.15) is 12.2 Å². The summed E-state index contributed by atoms with van der Waals surface area (Å²) in [5, 5.41) is 0. The van der Waals surface area contributed by atoms with Crippen LogP contribution in [0, 0.1) is 0 Å². The molecular formula is C23H28O2. The first-order valence-electron chi connectivity index (χ1n) is 9.61. The van der Waals surface area contributed by atoms with Crippen molar-refractivity contribution in [1.82, 2.24) is 0 Å². The number of unbranched alkanes of at least 4 members (excludes halogenated alkanes) is 5. The predicted octanol–water partition coefficient (Wildman–Crippen LogP) is 5.45. The molecule has 1 aliphatic heterocycles. The fourth-order valence-corrected chi connectivity index (χ4v) is 3.51. The Morgan fingerprint density at radius 2 is 1.40 bits per heavy atom. The highest BCUT2D eigenvalue weighted by Crippen LogP contribution is 2.39. The SMILES string of the molecule is O=CC1OC1c1ccccc1CCCCCCCCc1ccccc1. The summed E-state index contributed by atoms with van der Waals surface area (Å²) in [5.74, 6) is 0. The molecule has 0 spiro atoms. The molecular weight excluding hydrogens is 308 g/mol. The van der Waals surface area contributed by atoms with Gasteiger partial charge in [-0.05, 0) is 42.4 Å². The van der Waals surface area contributed by atoms with Gasteiger partial charge < -0.3 is 9.53 Å². The molecule has 1 fully saturated rings. The molecule has 1 saturated heterocycles. The third-order valence-corrected chi connectivity index (χ3v) is 5.03.